The largest absolute Gasteiger partial charge is 0.490 e. The van der Waals surface area contributed by atoms with Crippen LogP contribution in [0.5, 0.6) is 0 Å². The van der Waals surface area contributed by atoms with Crippen molar-refractivity contribution in [2.45, 2.75) is 25.1 Å². The van der Waals surface area contributed by atoms with Crippen LogP contribution in [0.25, 0.3) is 22.3 Å². The van der Waals surface area contributed by atoms with Gasteiger partial charge in [0, 0.05) is 48.4 Å². The van der Waals surface area contributed by atoms with E-state index in [0.717, 1.165) is 10.9 Å². The van der Waals surface area contributed by atoms with Gasteiger partial charge in [-0.2, -0.15) is 28.8 Å². The average Bonchev–Trinajstić information content (AvgIpc) is 3.69. The number of aromatic amines is 1. The van der Waals surface area contributed by atoms with Crippen LogP contribution in [-0.2, 0) is 4.79 Å². The number of aliphatic carboxylic acids is 1. The number of nitriles is 2. The number of carbonyl (C=O) groups is 1. The van der Waals surface area contributed by atoms with Gasteiger partial charge in [-0.3, -0.25) is 4.68 Å². The van der Waals surface area contributed by atoms with Gasteiger partial charge >= 0.3 is 12.1 Å². The van der Waals surface area contributed by atoms with Crippen LogP contribution < -0.4 is 4.90 Å². The second kappa shape index (κ2) is 11.5. The topological polar surface area (TPSA) is 148 Å². The number of fused-ring (bicyclic) bond motifs is 1. The third-order valence-corrected chi connectivity index (χ3v) is 6.45. The Balaban J connectivity index is 0.000000493. The molecule has 5 rings (SSSR count). The van der Waals surface area contributed by atoms with E-state index in [2.05, 4.69) is 26.1 Å². The molecule has 4 heterocycles. The Bertz CT molecular complexity index is 1670. The molecule has 4 aromatic rings. The van der Waals surface area contributed by atoms with Crippen molar-refractivity contribution < 1.29 is 36.2 Å². The average molecular weight is 576 g/mol. The number of carboxylic acid groups (broad SMARTS) is 1. The molecule has 1 aliphatic rings. The molecule has 16 heteroatoms. The Kier molecular flexibility index (Phi) is 8.13. The highest BCUT2D eigenvalue weighted by atomic mass is 19.4. The summed E-state index contributed by atoms with van der Waals surface area (Å²) in [6.07, 6.45) is 2.31. The first-order valence-corrected chi connectivity index (χ1v) is 11.8. The molecule has 41 heavy (non-hydrogen) atoms. The molecule has 10 nitrogen and oxygen atoms in total. The van der Waals surface area contributed by atoms with Crippen molar-refractivity contribution in [2.24, 2.45) is 5.92 Å². The zero-order valence-electron chi connectivity index (χ0n) is 20.7. The summed E-state index contributed by atoms with van der Waals surface area (Å²) in [5, 5.41) is 31.2. The van der Waals surface area contributed by atoms with Crippen LogP contribution in [0.1, 0.15) is 24.4 Å². The third-order valence-electron chi connectivity index (χ3n) is 6.45. The van der Waals surface area contributed by atoms with E-state index >= 15 is 0 Å². The minimum Gasteiger partial charge on any atom is -0.475 e. The van der Waals surface area contributed by atoms with Crippen molar-refractivity contribution in [3.63, 3.8) is 0 Å². The molecule has 1 fully saturated rings. The molecule has 0 saturated carbocycles. The summed E-state index contributed by atoms with van der Waals surface area (Å²) in [5.41, 5.74) is 1.24. The fourth-order valence-corrected chi connectivity index (χ4v) is 4.62. The number of carboxylic acids is 1. The molecule has 212 valence electrons. The maximum absolute atomic E-state index is 14.5. The van der Waals surface area contributed by atoms with E-state index in [-0.39, 0.29) is 30.6 Å². The molecule has 2 N–H and O–H groups in total. The van der Waals surface area contributed by atoms with E-state index < -0.39 is 35.2 Å². The third kappa shape index (κ3) is 5.91. The van der Waals surface area contributed by atoms with Crippen LogP contribution >= 0.6 is 0 Å². The number of nitrogens with zero attached hydrogens (tertiary/aromatic N) is 7. The minimum atomic E-state index is -5.08. The number of hydrogen-bond donors (Lipinski definition) is 2. The van der Waals surface area contributed by atoms with Gasteiger partial charge in [0.15, 0.2) is 17.5 Å². The van der Waals surface area contributed by atoms with Gasteiger partial charge in [-0.05, 0) is 12.5 Å². The lowest BCUT2D eigenvalue weighted by Gasteiger charge is -2.24. The summed E-state index contributed by atoms with van der Waals surface area (Å²) in [5.74, 6) is -6.65. The molecule has 1 aliphatic heterocycles. The van der Waals surface area contributed by atoms with Crippen molar-refractivity contribution in [1.82, 2.24) is 24.7 Å². The Hall–Kier alpha value is -5.12. The number of benzene rings is 1. The Labute approximate surface area is 227 Å². The van der Waals surface area contributed by atoms with E-state index in [1.54, 1.807) is 29.3 Å². The molecule has 0 amide bonds. The summed E-state index contributed by atoms with van der Waals surface area (Å²) in [6, 6.07) is 5.73. The number of alkyl halides is 3. The monoisotopic (exact) mass is 576 g/mol. The summed E-state index contributed by atoms with van der Waals surface area (Å²) in [6.45, 7) is 0.584. The second-order valence-corrected chi connectivity index (χ2v) is 8.89. The van der Waals surface area contributed by atoms with Gasteiger partial charge in [0.2, 0.25) is 0 Å². The van der Waals surface area contributed by atoms with Crippen LogP contribution in [-0.4, -0.2) is 55.1 Å². The fourth-order valence-electron chi connectivity index (χ4n) is 4.62. The smallest absolute Gasteiger partial charge is 0.475 e. The highest BCUT2D eigenvalue weighted by Crippen LogP contribution is 2.37. The van der Waals surface area contributed by atoms with Crippen molar-refractivity contribution in [1.29, 1.82) is 10.5 Å². The Morgan fingerprint density at radius 1 is 1.22 bits per heavy atom. The highest BCUT2D eigenvalue weighted by molar-refractivity contribution is 5.90. The number of nitrogens with one attached hydrogen (secondary N) is 1. The first-order chi connectivity index (χ1) is 19.5. The lowest BCUT2D eigenvalue weighted by Crippen LogP contribution is -2.26. The van der Waals surface area contributed by atoms with Crippen LogP contribution in [0.4, 0.5) is 32.0 Å². The van der Waals surface area contributed by atoms with Gasteiger partial charge in [0.1, 0.15) is 23.6 Å². The van der Waals surface area contributed by atoms with E-state index in [9.17, 15) is 36.9 Å². The van der Waals surface area contributed by atoms with Gasteiger partial charge in [-0.15, -0.1) is 0 Å². The number of aromatic nitrogens is 5. The van der Waals surface area contributed by atoms with Crippen molar-refractivity contribution in [3.8, 4) is 23.4 Å². The number of H-pyrrole nitrogens is 1. The molecule has 0 aliphatic carbocycles. The molecule has 0 bridgehead atoms. The van der Waals surface area contributed by atoms with Crippen LogP contribution in [0.3, 0.4) is 0 Å². The Morgan fingerprint density at radius 3 is 2.61 bits per heavy atom. The second-order valence-electron chi connectivity index (χ2n) is 8.89. The van der Waals surface area contributed by atoms with Crippen LogP contribution in [0.2, 0.25) is 0 Å². The molecule has 1 saturated heterocycles. The standard InChI is InChI=1S/C23H17F3N8.C2HF3O2/c24-17-7-18(25)22(16(8-28)20(17)26)33-6-3-13(10-33)19(1-4-27)34-11-14(9-32-34)21-15-2-5-29-23(15)31-12-30-21;3-2(4,5)1(6)7/h2,5,7,9,11-13,19H,1,3,6,10H2,(H,29,30,31);(H,6,7)/t13-,19-;/m0./s1. The van der Waals surface area contributed by atoms with Crippen LogP contribution in [0, 0.1) is 46.0 Å². The molecule has 0 unspecified atom stereocenters. The number of rotatable bonds is 5. The summed E-state index contributed by atoms with van der Waals surface area (Å²) in [4.78, 5) is 22.0. The maximum atomic E-state index is 14.5. The molecular formula is C25H18F6N8O2. The normalized spacial score (nSPS) is 15.6. The fraction of sp³-hybridized carbons (Fsp3) is 0.280. The van der Waals surface area contributed by atoms with Gasteiger partial charge < -0.3 is 15.0 Å². The first-order valence-electron chi connectivity index (χ1n) is 11.8. The predicted molar refractivity (Wildman–Crippen MR) is 129 cm³/mol. The van der Waals surface area contributed by atoms with Crippen molar-refractivity contribution in [3.05, 3.63) is 60.1 Å². The highest BCUT2D eigenvalue weighted by Gasteiger charge is 2.38. The SMILES string of the molecule is N#CC[C@@H]([C@H]1CCN(c2c(F)cc(F)c(F)c2C#N)C1)n1cc(-c2ncnc3[nH]ccc23)cn1.O=C(O)C(F)(F)F. The van der Waals surface area contributed by atoms with E-state index in [1.165, 1.54) is 11.2 Å². The molecule has 0 radical (unpaired) electrons. The predicted octanol–water partition coefficient (Wildman–Crippen LogP) is 4.72. The summed E-state index contributed by atoms with van der Waals surface area (Å²) >= 11 is 0. The van der Waals surface area contributed by atoms with Gasteiger partial charge in [0.05, 0.1) is 36.1 Å². The van der Waals surface area contributed by atoms with Gasteiger partial charge in [0.25, 0.3) is 0 Å². The lowest BCUT2D eigenvalue weighted by atomic mass is 9.96. The summed E-state index contributed by atoms with van der Waals surface area (Å²) < 4.78 is 75.7. The zero-order valence-corrected chi connectivity index (χ0v) is 20.7. The van der Waals surface area contributed by atoms with Gasteiger partial charge in [-0.25, -0.2) is 27.9 Å². The number of anilines is 1. The van der Waals surface area contributed by atoms with E-state index in [1.807, 2.05) is 6.07 Å². The molecule has 0 spiro atoms. The summed E-state index contributed by atoms with van der Waals surface area (Å²) in [7, 11) is 0. The number of hydrogen-bond acceptors (Lipinski definition) is 7. The molecular weight excluding hydrogens is 558 g/mol. The van der Waals surface area contributed by atoms with E-state index in [4.69, 9.17) is 9.90 Å². The maximum Gasteiger partial charge on any atom is 0.490 e. The lowest BCUT2D eigenvalue weighted by molar-refractivity contribution is -0.192. The van der Waals surface area contributed by atoms with E-state index in [0.29, 0.717) is 30.4 Å². The van der Waals surface area contributed by atoms with Crippen molar-refractivity contribution in [2.75, 3.05) is 18.0 Å². The minimum absolute atomic E-state index is 0.135. The molecule has 1 aromatic carbocycles. The Morgan fingerprint density at radius 2 is 1.95 bits per heavy atom. The molecule has 3 aromatic heterocycles. The number of halogens is 6. The van der Waals surface area contributed by atoms with Crippen molar-refractivity contribution >= 4 is 22.7 Å². The quantitative estimate of drug-likeness (QED) is 0.256. The molecule has 2 atom stereocenters. The van der Waals surface area contributed by atoms with Crippen LogP contribution in [0.15, 0.2) is 37.1 Å². The first kappa shape index (κ1) is 28.9. The zero-order chi connectivity index (χ0) is 29.9. The van der Waals surface area contributed by atoms with Gasteiger partial charge in [-0.1, -0.05) is 0 Å².